The zero-order valence-electron chi connectivity index (χ0n) is 14.5. The molecule has 0 radical (unpaired) electrons. The summed E-state index contributed by atoms with van der Waals surface area (Å²) in [7, 11) is 0. The minimum Gasteiger partial charge on any atom is -0.246 e. The number of thiophene rings is 1. The van der Waals surface area contributed by atoms with E-state index in [0.717, 1.165) is 16.5 Å². The zero-order chi connectivity index (χ0) is 18.2. The molecular weight excluding hydrogens is 414 g/mol. The van der Waals surface area contributed by atoms with Gasteiger partial charge in [0.1, 0.15) is 0 Å². The molecule has 5 aromatic rings. The molecule has 3 heteroatoms. The Morgan fingerprint density at radius 1 is 0.704 bits per heavy atom. The summed E-state index contributed by atoms with van der Waals surface area (Å²) in [6.07, 6.45) is 0. The Hall–Kier alpha value is -2.49. The Balaban J connectivity index is 1.70. The number of benzene rings is 3. The lowest BCUT2D eigenvalue weighted by Crippen LogP contribution is -1.87. The summed E-state index contributed by atoms with van der Waals surface area (Å²) in [6.45, 7) is 0. The maximum Gasteiger partial charge on any atom is 0.0887 e. The quantitative estimate of drug-likeness (QED) is 0.211. The van der Waals surface area contributed by atoms with Gasteiger partial charge in [-0.15, -0.1) is 11.3 Å². The van der Waals surface area contributed by atoms with Crippen molar-refractivity contribution in [2.75, 3.05) is 0 Å². The molecule has 0 spiro atoms. The van der Waals surface area contributed by atoms with Crippen molar-refractivity contribution in [1.82, 2.24) is 4.98 Å². The van der Waals surface area contributed by atoms with E-state index in [2.05, 4.69) is 101 Å². The SMILES string of the molecule is BrCc1cccc(-c2ccc(-c3nc4ccccc4c4ccccc34)s2)c1. The van der Waals surface area contributed by atoms with E-state index in [0.29, 0.717) is 0 Å². The number of aromatic nitrogens is 1. The summed E-state index contributed by atoms with van der Waals surface area (Å²) in [4.78, 5) is 7.49. The normalized spacial score (nSPS) is 11.3. The molecule has 0 fully saturated rings. The average molecular weight is 430 g/mol. The van der Waals surface area contributed by atoms with Crippen molar-refractivity contribution in [3.63, 3.8) is 0 Å². The molecule has 0 saturated carbocycles. The second kappa shape index (κ2) is 6.91. The lowest BCUT2D eigenvalue weighted by Gasteiger charge is -2.08. The number of nitrogens with zero attached hydrogens (tertiary/aromatic N) is 1. The topological polar surface area (TPSA) is 12.9 Å². The molecule has 0 saturated heterocycles. The van der Waals surface area contributed by atoms with Crippen LogP contribution in [0.15, 0.2) is 84.9 Å². The molecule has 0 unspecified atom stereocenters. The number of para-hydroxylation sites is 1. The van der Waals surface area contributed by atoms with Crippen LogP contribution in [0, 0.1) is 0 Å². The van der Waals surface area contributed by atoms with Crippen LogP contribution in [0.5, 0.6) is 0 Å². The van der Waals surface area contributed by atoms with Crippen LogP contribution in [-0.4, -0.2) is 4.98 Å². The van der Waals surface area contributed by atoms with Crippen molar-refractivity contribution in [3.05, 3.63) is 90.5 Å². The van der Waals surface area contributed by atoms with Crippen LogP contribution < -0.4 is 0 Å². The van der Waals surface area contributed by atoms with Gasteiger partial charge in [0.05, 0.1) is 16.1 Å². The predicted molar refractivity (Wildman–Crippen MR) is 121 cm³/mol. The molecule has 0 amide bonds. The first-order chi connectivity index (χ1) is 13.3. The molecule has 0 N–H and O–H groups in total. The molecule has 130 valence electrons. The van der Waals surface area contributed by atoms with E-state index in [1.807, 2.05) is 0 Å². The van der Waals surface area contributed by atoms with Gasteiger partial charge in [0.2, 0.25) is 0 Å². The van der Waals surface area contributed by atoms with Crippen LogP contribution in [0.3, 0.4) is 0 Å². The highest BCUT2D eigenvalue weighted by molar-refractivity contribution is 9.08. The second-order valence-electron chi connectivity index (χ2n) is 6.52. The maximum absolute atomic E-state index is 5.02. The lowest BCUT2D eigenvalue weighted by molar-refractivity contribution is 1.44. The molecule has 5 rings (SSSR count). The first kappa shape index (κ1) is 16.7. The molecule has 0 atom stereocenters. The monoisotopic (exact) mass is 429 g/mol. The van der Waals surface area contributed by atoms with Crippen LogP contribution in [0.4, 0.5) is 0 Å². The highest BCUT2D eigenvalue weighted by atomic mass is 79.9. The Morgan fingerprint density at radius 2 is 1.44 bits per heavy atom. The smallest absolute Gasteiger partial charge is 0.0887 e. The standard InChI is InChI=1S/C24H16BrNS/c25-15-16-6-5-7-17(14-16)22-12-13-23(27-22)24-20-10-2-1-8-18(20)19-9-3-4-11-21(19)26-24/h1-14H,15H2. The van der Waals surface area contributed by atoms with Gasteiger partial charge in [-0.3, -0.25) is 0 Å². The van der Waals surface area contributed by atoms with Crippen molar-refractivity contribution in [2.24, 2.45) is 0 Å². The Labute approximate surface area is 170 Å². The Morgan fingerprint density at radius 3 is 2.30 bits per heavy atom. The van der Waals surface area contributed by atoms with Gasteiger partial charge < -0.3 is 0 Å². The second-order valence-corrected chi connectivity index (χ2v) is 8.17. The first-order valence-corrected chi connectivity index (χ1v) is 10.8. The summed E-state index contributed by atoms with van der Waals surface area (Å²) in [5.41, 5.74) is 4.66. The van der Waals surface area contributed by atoms with Gasteiger partial charge in [0.25, 0.3) is 0 Å². The third kappa shape index (κ3) is 2.97. The van der Waals surface area contributed by atoms with E-state index in [-0.39, 0.29) is 0 Å². The number of hydrogen-bond donors (Lipinski definition) is 0. The van der Waals surface area contributed by atoms with Crippen molar-refractivity contribution in [1.29, 1.82) is 0 Å². The van der Waals surface area contributed by atoms with Crippen molar-refractivity contribution in [2.45, 2.75) is 5.33 Å². The van der Waals surface area contributed by atoms with E-state index in [1.165, 1.54) is 37.0 Å². The van der Waals surface area contributed by atoms with Gasteiger partial charge in [0, 0.05) is 21.0 Å². The molecule has 1 nitrogen and oxygen atoms in total. The van der Waals surface area contributed by atoms with Gasteiger partial charge in [-0.2, -0.15) is 0 Å². The highest BCUT2D eigenvalue weighted by Gasteiger charge is 2.12. The molecule has 3 aromatic carbocycles. The van der Waals surface area contributed by atoms with Crippen LogP contribution in [0.25, 0.3) is 42.7 Å². The first-order valence-electron chi connectivity index (χ1n) is 8.86. The maximum atomic E-state index is 5.02. The molecule has 2 heterocycles. The largest absolute Gasteiger partial charge is 0.246 e. The molecule has 0 bridgehead atoms. The number of hydrogen-bond acceptors (Lipinski definition) is 2. The van der Waals surface area contributed by atoms with Crippen molar-refractivity contribution < 1.29 is 0 Å². The Kier molecular flexibility index (Phi) is 4.27. The fourth-order valence-electron chi connectivity index (χ4n) is 3.52. The fraction of sp³-hybridized carbons (Fsp3) is 0.0417. The van der Waals surface area contributed by atoms with E-state index in [9.17, 15) is 0 Å². The number of pyridine rings is 1. The summed E-state index contributed by atoms with van der Waals surface area (Å²) in [5.74, 6) is 0. The van der Waals surface area contributed by atoms with Crippen LogP contribution in [0.1, 0.15) is 5.56 Å². The van der Waals surface area contributed by atoms with Crippen LogP contribution in [-0.2, 0) is 5.33 Å². The van der Waals surface area contributed by atoms with Gasteiger partial charge in [-0.05, 0) is 40.8 Å². The predicted octanol–water partition coefficient (Wildman–Crippen LogP) is 7.68. The minimum absolute atomic E-state index is 0.871. The van der Waals surface area contributed by atoms with Gasteiger partial charge in [0.15, 0.2) is 0 Å². The number of rotatable bonds is 3. The molecule has 0 aliphatic heterocycles. The van der Waals surface area contributed by atoms with Gasteiger partial charge in [-0.25, -0.2) is 4.98 Å². The van der Waals surface area contributed by atoms with E-state index < -0.39 is 0 Å². The summed E-state index contributed by atoms with van der Waals surface area (Å²) in [5, 5.41) is 4.54. The van der Waals surface area contributed by atoms with Crippen LogP contribution in [0.2, 0.25) is 0 Å². The van der Waals surface area contributed by atoms with E-state index in [1.54, 1.807) is 11.3 Å². The molecule has 27 heavy (non-hydrogen) atoms. The average Bonchev–Trinajstić information content (AvgIpc) is 3.23. The van der Waals surface area contributed by atoms with E-state index in [4.69, 9.17) is 4.98 Å². The molecular formula is C24H16BrNS. The molecule has 0 aliphatic carbocycles. The fourth-order valence-corrected chi connectivity index (χ4v) is 4.87. The number of fused-ring (bicyclic) bond motifs is 3. The van der Waals surface area contributed by atoms with Gasteiger partial charge in [-0.1, -0.05) is 76.6 Å². The third-order valence-electron chi connectivity index (χ3n) is 4.81. The molecule has 0 aliphatic rings. The summed E-state index contributed by atoms with van der Waals surface area (Å²) >= 11 is 5.35. The number of alkyl halides is 1. The Bertz CT molecular complexity index is 1270. The summed E-state index contributed by atoms with van der Waals surface area (Å²) < 4.78 is 0. The number of halogens is 1. The van der Waals surface area contributed by atoms with E-state index >= 15 is 0 Å². The van der Waals surface area contributed by atoms with Crippen molar-refractivity contribution >= 4 is 48.9 Å². The van der Waals surface area contributed by atoms with Crippen molar-refractivity contribution in [3.8, 4) is 21.0 Å². The van der Waals surface area contributed by atoms with Crippen LogP contribution >= 0.6 is 27.3 Å². The lowest BCUT2D eigenvalue weighted by atomic mass is 10.0. The summed E-state index contributed by atoms with van der Waals surface area (Å²) in [6, 6.07) is 30.0. The minimum atomic E-state index is 0.871. The third-order valence-corrected chi connectivity index (χ3v) is 6.60. The zero-order valence-corrected chi connectivity index (χ0v) is 16.9. The molecule has 2 aromatic heterocycles. The van der Waals surface area contributed by atoms with Gasteiger partial charge >= 0.3 is 0 Å². The highest BCUT2D eigenvalue weighted by Crippen LogP contribution is 2.38.